The van der Waals surface area contributed by atoms with Crippen LogP contribution in [0.1, 0.15) is 0 Å². The lowest BCUT2D eigenvalue weighted by atomic mass is 10.2. The Morgan fingerprint density at radius 1 is 0.870 bits per heavy atom. The predicted molar refractivity (Wildman–Crippen MR) is 77.8 cm³/mol. The largest absolute Gasteiger partial charge is 0.508 e. The molecule has 11 nitrogen and oxygen atoms in total. The number of hydrogen-bond acceptors (Lipinski definition) is 8. The minimum Gasteiger partial charge on any atom is -0.508 e. The van der Waals surface area contributed by atoms with E-state index in [1.54, 1.807) is 0 Å². The molecule has 0 aliphatic carbocycles. The molecule has 0 atom stereocenters. The van der Waals surface area contributed by atoms with E-state index in [1.165, 1.54) is 24.3 Å². The number of nitro benzene ring substituents is 3. The normalized spacial score (nSPS) is 10.1. The molecule has 0 radical (unpaired) electrons. The minimum atomic E-state index is -0.967. The number of nitrogens with one attached hydrogen (secondary N) is 1. The first-order valence-electron chi connectivity index (χ1n) is 5.97. The van der Waals surface area contributed by atoms with Crippen molar-refractivity contribution < 1.29 is 19.9 Å². The number of non-ortho nitro benzene ring substituents is 1. The molecule has 2 aromatic rings. The van der Waals surface area contributed by atoms with Crippen molar-refractivity contribution in [3.05, 3.63) is 66.7 Å². The van der Waals surface area contributed by atoms with Crippen molar-refractivity contribution in [3.63, 3.8) is 0 Å². The Labute approximate surface area is 127 Å². The van der Waals surface area contributed by atoms with Gasteiger partial charge in [-0.3, -0.25) is 30.3 Å². The summed E-state index contributed by atoms with van der Waals surface area (Å²) in [7, 11) is 0. The lowest BCUT2D eigenvalue weighted by Gasteiger charge is -2.08. The van der Waals surface area contributed by atoms with Crippen molar-refractivity contribution in [1.29, 1.82) is 0 Å². The molecule has 2 rings (SSSR count). The van der Waals surface area contributed by atoms with E-state index in [1.807, 2.05) is 0 Å². The molecule has 0 spiro atoms. The van der Waals surface area contributed by atoms with Crippen LogP contribution in [-0.2, 0) is 0 Å². The Bertz CT molecular complexity index is 786. The zero-order chi connectivity index (χ0) is 17.1. The third-order valence-electron chi connectivity index (χ3n) is 2.80. The Morgan fingerprint density at radius 3 is 1.87 bits per heavy atom. The van der Waals surface area contributed by atoms with E-state index >= 15 is 0 Å². The number of aromatic hydroxyl groups is 1. The van der Waals surface area contributed by atoms with Gasteiger partial charge in [0.05, 0.1) is 26.9 Å². The zero-order valence-corrected chi connectivity index (χ0v) is 11.2. The van der Waals surface area contributed by atoms with E-state index in [2.05, 4.69) is 5.32 Å². The number of nitro groups is 3. The van der Waals surface area contributed by atoms with Gasteiger partial charge in [0.15, 0.2) is 5.69 Å². The van der Waals surface area contributed by atoms with Crippen LogP contribution in [0.2, 0.25) is 0 Å². The highest BCUT2D eigenvalue weighted by Gasteiger charge is 2.30. The fourth-order valence-corrected chi connectivity index (χ4v) is 1.85. The fraction of sp³-hybridized carbons (Fsp3) is 0. The number of phenols is 1. The van der Waals surface area contributed by atoms with E-state index in [9.17, 15) is 35.4 Å². The standard InChI is InChI=1S/C12H8N4O7/c17-9-3-1-2-7(4-9)13-12-10(15(20)21)5-8(14(18)19)6-11(12)16(22)23/h1-6,13,17H. The summed E-state index contributed by atoms with van der Waals surface area (Å²) in [6.07, 6.45) is 0. The van der Waals surface area contributed by atoms with Crippen molar-refractivity contribution in [2.45, 2.75) is 0 Å². The summed E-state index contributed by atoms with van der Waals surface area (Å²) in [5.41, 5.74) is -2.80. The predicted octanol–water partition coefficient (Wildman–Crippen LogP) is 2.86. The molecule has 0 saturated heterocycles. The summed E-state index contributed by atoms with van der Waals surface area (Å²) in [5, 5.41) is 44.8. The van der Waals surface area contributed by atoms with Gasteiger partial charge in [-0.2, -0.15) is 0 Å². The lowest BCUT2D eigenvalue weighted by molar-refractivity contribution is -0.401. The summed E-state index contributed by atoms with van der Waals surface area (Å²) in [6, 6.07) is 6.60. The molecule has 0 aliphatic heterocycles. The molecule has 0 unspecified atom stereocenters. The SMILES string of the molecule is O=[N+]([O-])c1cc([N+](=O)[O-])c(Nc2cccc(O)c2)c([N+](=O)[O-])c1. The molecule has 118 valence electrons. The van der Waals surface area contributed by atoms with Crippen LogP contribution in [0, 0.1) is 30.3 Å². The van der Waals surface area contributed by atoms with Crippen molar-refractivity contribution in [3.8, 4) is 5.75 Å². The maximum atomic E-state index is 11.1. The molecular weight excluding hydrogens is 312 g/mol. The van der Waals surface area contributed by atoms with Gasteiger partial charge in [0.1, 0.15) is 5.75 Å². The van der Waals surface area contributed by atoms with Crippen molar-refractivity contribution in [2.24, 2.45) is 0 Å². The summed E-state index contributed by atoms with van der Waals surface area (Å²) in [6.45, 7) is 0. The van der Waals surface area contributed by atoms with Crippen LogP contribution in [0.3, 0.4) is 0 Å². The first kappa shape index (κ1) is 15.6. The smallest absolute Gasteiger partial charge is 0.306 e. The van der Waals surface area contributed by atoms with Gasteiger partial charge >= 0.3 is 11.4 Å². The monoisotopic (exact) mass is 320 g/mol. The second kappa shape index (κ2) is 5.93. The van der Waals surface area contributed by atoms with Crippen LogP contribution in [0.4, 0.5) is 28.4 Å². The second-order valence-electron chi connectivity index (χ2n) is 4.31. The molecule has 0 bridgehead atoms. The van der Waals surface area contributed by atoms with Gasteiger partial charge in [-0.05, 0) is 12.1 Å². The van der Waals surface area contributed by atoms with Crippen LogP contribution in [0.15, 0.2) is 36.4 Å². The second-order valence-corrected chi connectivity index (χ2v) is 4.31. The van der Waals surface area contributed by atoms with E-state index in [-0.39, 0.29) is 11.4 Å². The van der Waals surface area contributed by atoms with E-state index in [4.69, 9.17) is 0 Å². The van der Waals surface area contributed by atoms with Crippen molar-refractivity contribution in [1.82, 2.24) is 0 Å². The van der Waals surface area contributed by atoms with Crippen molar-refractivity contribution >= 4 is 28.4 Å². The molecule has 0 aromatic heterocycles. The number of rotatable bonds is 5. The number of nitrogens with zero attached hydrogens (tertiary/aromatic N) is 3. The average molecular weight is 320 g/mol. The Kier molecular flexibility index (Phi) is 4.03. The third kappa shape index (κ3) is 3.29. The van der Waals surface area contributed by atoms with Crippen LogP contribution in [0.25, 0.3) is 0 Å². The average Bonchev–Trinajstić information content (AvgIpc) is 2.46. The van der Waals surface area contributed by atoms with Gasteiger partial charge in [0.25, 0.3) is 5.69 Å². The Hall–Kier alpha value is -3.76. The van der Waals surface area contributed by atoms with Crippen LogP contribution >= 0.6 is 0 Å². The summed E-state index contributed by atoms with van der Waals surface area (Å²) in [4.78, 5) is 30.1. The molecule has 23 heavy (non-hydrogen) atoms. The minimum absolute atomic E-state index is 0.144. The van der Waals surface area contributed by atoms with E-state index in [0.717, 1.165) is 0 Å². The van der Waals surface area contributed by atoms with Crippen molar-refractivity contribution in [2.75, 3.05) is 5.32 Å². The number of phenolic OH excluding ortho intramolecular Hbond substituents is 1. The first-order chi connectivity index (χ1) is 10.8. The van der Waals surface area contributed by atoms with Crippen LogP contribution in [0.5, 0.6) is 5.75 Å². The maximum absolute atomic E-state index is 11.1. The third-order valence-corrected chi connectivity index (χ3v) is 2.80. The molecule has 11 heteroatoms. The highest BCUT2D eigenvalue weighted by molar-refractivity contribution is 5.81. The molecule has 0 aliphatic rings. The fourth-order valence-electron chi connectivity index (χ4n) is 1.85. The molecular formula is C12H8N4O7. The van der Waals surface area contributed by atoms with Gasteiger partial charge < -0.3 is 10.4 Å². The van der Waals surface area contributed by atoms with Gasteiger partial charge in [-0.15, -0.1) is 0 Å². The topological polar surface area (TPSA) is 162 Å². The molecule has 0 heterocycles. The summed E-state index contributed by atoms with van der Waals surface area (Å²) in [5.74, 6) is -0.165. The molecule has 2 N–H and O–H groups in total. The van der Waals surface area contributed by atoms with Gasteiger partial charge in [-0.25, -0.2) is 0 Å². The van der Waals surface area contributed by atoms with Gasteiger partial charge in [0, 0.05) is 11.8 Å². The van der Waals surface area contributed by atoms with E-state index < -0.39 is 37.5 Å². The Morgan fingerprint density at radius 2 is 1.43 bits per heavy atom. The van der Waals surface area contributed by atoms with Crippen LogP contribution in [-0.4, -0.2) is 19.9 Å². The van der Waals surface area contributed by atoms with E-state index in [0.29, 0.717) is 12.1 Å². The molecule has 0 fully saturated rings. The highest BCUT2D eigenvalue weighted by atomic mass is 16.6. The first-order valence-corrected chi connectivity index (χ1v) is 5.97. The Balaban J connectivity index is 2.66. The zero-order valence-electron chi connectivity index (χ0n) is 11.2. The summed E-state index contributed by atoms with van der Waals surface area (Å²) < 4.78 is 0. The quantitative estimate of drug-likeness (QED) is 0.627. The lowest BCUT2D eigenvalue weighted by Crippen LogP contribution is -2.03. The van der Waals surface area contributed by atoms with Gasteiger partial charge in [-0.1, -0.05) is 6.07 Å². The number of hydrogen-bond donors (Lipinski definition) is 2. The number of anilines is 2. The van der Waals surface area contributed by atoms with Crippen LogP contribution < -0.4 is 5.32 Å². The highest BCUT2D eigenvalue weighted by Crippen LogP contribution is 2.40. The summed E-state index contributed by atoms with van der Waals surface area (Å²) >= 11 is 0. The molecule has 0 saturated carbocycles. The molecule has 0 amide bonds. The maximum Gasteiger partial charge on any atom is 0.306 e. The number of benzene rings is 2. The molecule has 2 aromatic carbocycles. The van der Waals surface area contributed by atoms with Gasteiger partial charge in [0.2, 0.25) is 0 Å².